The number of amidine groups is 1. The standard InChI is InChI=1S/C29H31N3O5S/c1-19-26(28(34)37-17-20-8-4-3-5-9-20)27(21-10-6-11-23(14-21)35-2)32-22(18-38-29(32)31-19)15-25(33)30-16-24-12-7-13-36-24/h3-6,8-11,14,18,24,27H,7,12-13,15-17H2,1-2H3,(H,30,33). The summed E-state index contributed by atoms with van der Waals surface area (Å²) in [5, 5.41) is 5.65. The number of rotatable bonds is 9. The Morgan fingerprint density at radius 3 is 2.79 bits per heavy atom. The van der Waals surface area contributed by atoms with Crippen molar-refractivity contribution in [1.29, 1.82) is 0 Å². The van der Waals surface area contributed by atoms with Crippen LogP contribution in [0.5, 0.6) is 5.75 Å². The van der Waals surface area contributed by atoms with Gasteiger partial charge in [-0.3, -0.25) is 4.79 Å². The topological polar surface area (TPSA) is 89.5 Å². The largest absolute Gasteiger partial charge is 0.497 e. The molecule has 0 spiro atoms. The summed E-state index contributed by atoms with van der Waals surface area (Å²) < 4.78 is 16.9. The smallest absolute Gasteiger partial charge is 0.338 e. The van der Waals surface area contributed by atoms with Gasteiger partial charge in [0.05, 0.1) is 36.9 Å². The monoisotopic (exact) mass is 533 g/mol. The van der Waals surface area contributed by atoms with Crippen molar-refractivity contribution in [2.75, 3.05) is 20.3 Å². The molecule has 3 aliphatic heterocycles. The van der Waals surface area contributed by atoms with Crippen molar-refractivity contribution in [3.63, 3.8) is 0 Å². The summed E-state index contributed by atoms with van der Waals surface area (Å²) in [4.78, 5) is 33.2. The lowest BCUT2D eigenvalue weighted by molar-refractivity contribution is -0.141. The van der Waals surface area contributed by atoms with Crippen LogP contribution >= 0.6 is 11.8 Å². The van der Waals surface area contributed by atoms with Gasteiger partial charge in [0.25, 0.3) is 0 Å². The van der Waals surface area contributed by atoms with Gasteiger partial charge in [-0.1, -0.05) is 54.2 Å². The van der Waals surface area contributed by atoms with E-state index in [0.717, 1.165) is 41.4 Å². The normalized spacial score (nSPS) is 20.5. The summed E-state index contributed by atoms with van der Waals surface area (Å²) in [6, 6.07) is 16.7. The average Bonchev–Trinajstić information content (AvgIpc) is 3.60. The average molecular weight is 534 g/mol. The number of hydrogen-bond donors (Lipinski definition) is 1. The Bertz CT molecular complexity index is 1280. The van der Waals surface area contributed by atoms with Gasteiger partial charge in [-0.25, -0.2) is 9.79 Å². The van der Waals surface area contributed by atoms with Crippen LogP contribution in [0.1, 0.15) is 43.4 Å². The number of esters is 1. The highest BCUT2D eigenvalue weighted by molar-refractivity contribution is 8.16. The third-order valence-corrected chi connectivity index (χ3v) is 7.62. The highest BCUT2D eigenvalue weighted by atomic mass is 32.2. The van der Waals surface area contributed by atoms with Crippen molar-refractivity contribution in [2.45, 2.75) is 44.9 Å². The summed E-state index contributed by atoms with van der Waals surface area (Å²) >= 11 is 1.45. The number of amides is 1. The number of benzene rings is 2. The fraction of sp³-hybridized carbons (Fsp3) is 0.345. The van der Waals surface area contributed by atoms with Gasteiger partial charge in [0, 0.05) is 18.8 Å². The van der Waals surface area contributed by atoms with Gasteiger partial charge in [0.2, 0.25) is 5.91 Å². The Labute approximate surface area is 226 Å². The van der Waals surface area contributed by atoms with Crippen molar-refractivity contribution < 1.29 is 23.8 Å². The minimum atomic E-state index is -0.520. The molecule has 198 valence electrons. The number of carbonyl (C=O) groups is 2. The number of fused-ring (bicyclic) bond motifs is 1. The molecule has 1 fully saturated rings. The van der Waals surface area contributed by atoms with E-state index in [9.17, 15) is 9.59 Å². The number of methoxy groups -OCH3 is 1. The molecule has 5 rings (SSSR count). The van der Waals surface area contributed by atoms with E-state index in [0.29, 0.717) is 23.6 Å². The van der Waals surface area contributed by atoms with E-state index in [1.807, 2.05) is 71.8 Å². The predicted molar refractivity (Wildman–Crippen MR) is 146 cm³/mol. The maximum atomic E-state index is 13.6. The van der Waals surface area contributed by atoms with Gasteiger partial charge in [-0.2, -0.15) is 0 Å². The second-order valence-electron chi connectivity index (χ2n) is 9.35. The van der Waals surface area contributed by atoms with E-state index < -0.39 is 12.0 Å². The second-order valence-corrected chi connectivity index (χ2v) is 10.2. The third kappa shape index (κ3) is 5.79. The molecule has 0 saturated carbocycles. The molecule has 0 radical (unpaired) electrons. The molecule has 0 aromatic heterocycles. The Hall–Kier alpha value is -3.56. The molecule has 0 aliphatic carbocycles. The Morgan fingerprint density at radius 2 is 2.03 bits per heavy atom. The van der Waals surface area contributed by atoms with Crippen LogP contribution in [-0.4, -0.2) is 48.3 Å². The second kappa shape index (κ2) is 11.9. The molecule has 1 amide bonds. The van der Waals surface area contributed by atoms with Crippen LogP contribution in [-0.2, 0) is 25.7 Å². The van der Waals surface area contributed by atoms with E-state index in [-0.39, 0.29) is 25.0 Å². The molecule has 1 saturated heterocycles. The van der Waals surface area contributed by atoms with E-state index in [1.54, 1.807) is 7.11 Å². The predicted octanol–water partition coefficient (Wildman–Crippen LogP) is 4.70. The highest BCUT2D eigenvalue weighted by Gasteiger charge is 2.41. The molecule has 2 aromatic carbocycles. The summed E-state index contributed by atoms with van der Waals surface area (Å²) in [7, 11) is 1.61. The third-order valence-electron chi connectivity index (χ3n) is 6.74. The molecule has 3 aliphatic rings. The molecule has 2 aromatic rings. The minimum absolute atomic E-state index is 0.0686. The molecule has 0 bridgehead atoms. The first-order valence-electron chi connectivity index (χ1n) is 12.7. The van der Waals surface area contributed by atoms with Crippen LogP contribution in [0.15, 0.2) is 82.0 Å². The zero-order chi connectivity index (χ0) is 26.5. The number of aliphatic imine (C=N–C) groups is 1. The Kier molecular flexibility index (Phi) is 8.14. The SMILES string of the molecule is COc1cccc(C2C(C(=O)OCc3ccccc3)=C(C)N=C3SC=C(CC(=O)NCC4CCCO4)N32)c1. The Morgan fingerprint density at radius 1 is 1.18 bits per heavy atom. The lowest BCUT2D eigenvalue weighted by Gasteiger charge is -2.36. The highest BCUT2D eigenvalue weighted by Crippen LogP contribution is 2.45. The lowest BCUT2D eigenvalue weighted by atomic mass is 9.93. The molecule has 2 atom stereocenters. The van der Waals surface area contributed by atoms with Crippen LogP contribution in [0.2, 0.25) is 0 Å². The molecular formula is C29H31N3O5S. The van der Waals surface area contributed by atoms with E-state index in [1.165, 1.54) is 11.8 Å². The zero-order valence-corrected chi connectivity index (χ0v) is 22.3. The molecular weight excluding hydrogens is 502 g/mol. The Balaban J connectivity index is 1.41. The first kappa shape index (κ1) is 26.1. The number of ether oxygens (including phenoxy) is 3. The maximum absolute atomic E-state index is 13.6. The molecule has 3 heterocycles. The zero-order valence-electron chi connectivity index (χ0n) is 21.5. The van der Waals surface area contributed by atoms with E-state index in [2.05, 4.69) is 5.32 Å². The first-order chi connectivity index (χ1) is 18.5. The lowest BCUT2D eigenvalue weighted by Crippen LogP contribution is -2.38. The van der Waals surface area contributed by atoms with Gasteiger partial charge in [-0.15, -0.1) is 0 Å². The van der Waals surface area contributed by atoms with Crippen molar-refractivity contribution in [3.8, 4) is 5.75 Å². The van der Waals surface area contributed by atoms with Crippen molar-refractivity contribution in [2.24, 2.45) is 4.99 Å². The first-order valence-corrected chi connectivity index (χ1v) is 13.6. The molecule has 1 N–H and O–H groups in total. The van der Waals surface area contributed by atoms with Crippen molar-refractivity contribution in [3.05, 3.63) is 88.1 Å². The van der Waals surface area contributed by atoms with E-state index >= 15 is 0 Å². The van der Waals surface area contributed by atoms with Gasteiger partial charge >= 0.3 is 5.97 Å². The summed E-state index contributed by atoms with van der Waals surface area (Å²) in [5.41, 5.74) is 3.54. The van der Waals surface area contributed by atoms with Crippen molar-refractivity contribution >= 4 is 28.8 Å². The fourth-order valence-electron chi connectivity index (χ4n) is 4.82. The van der Waals surface area contributed by atoms with Gasteiger partial charge in [-0.05, 0) is 48.4 Å². The van der Waals surface area contributed by atoms with Crippen LogP contribution < -0.4 is 10.1 Å². The van der Waals surface area contributed by atoms with Crippen molar-refractivity contribution in [1.82, 2.24) is 10.2 Å². The number of carbonyl (C=O) groups excluding carboxylic acids is 2. The number of hydrogen-bond acceptors (Lipinski definition) is 8. The van der Waals surface area contributed by atoms with Crippen LogP contribution in [0.3, 0.4) is 0 Å². The van der Waals surface area contributed by atoms with Crippen LogP contribution in [0.25, 0.3) is 0 Å². The molecule has 8 nitrogen and oxygen atoms in total. The molecule has 2 unspecified atom stereocenters. The molecule has 9 heteroatoms. The van der Waals surface area contributed by atoms with Crippen LogP contribution in [0.4, 0.5) is 0 Å². The van der Waals surface area contributed by atoms with Gasteiger partial charge in [0.1, 0.15) is 12.4 Å². The maximum Gasteiger partial charge on any atom is 0.338 e. The van der Waals surface area contributed by atoms with Crippen LogP contribution in [0, 0.1) is 0 Å². The van der Waals surface area contributed by atoms with Gasteiger partial charge < -0.3 is 24.4 Å². The quantitative estimate of drug-likeness (QED) is 0.468. The number of allylic oxidation sites excluding steroid dienone is 1. The summed E-state index contributed by atoms with van der Waals surface area (Å²) in [6.07, 6.45) is 2.20. The number of nitrogens with one attached hydrogen (secondary N) is 1. The van der Waals surface area contributed by atoms with Gasteiger partial charge in [0.15, 0.2) is 5.17 Å². The minimum Gasteiger partial charge on any atom is -0.497 e. The van der Waals surface area contributed by atoms with E-state index in [4.69, 9.17) is 19.2 Å². The number of thioether (sulfide) groups is 1. The number of nitrogens with zero attached hydrogens (tertiary/aromatic N) is 2. The fourth-order valence-corrected chi connectivity index (χ4v) is 5.78. The summed E-state index contributed by atoms with van der Waals surface area (Å²) in [6.45, 7) is 3.22. The summed E-state index contributed by atoms with van der Waals surface area (Å²) in [5.74, 6) is 0.131. The molecule has 38 heavy (non-hydrogen) atoms.